The fourth-order valence-electron chi connectivity index (χ4n) is 3.45. The Morgan fingerprint density at radius 3 is 2.91 bits per heavy atom. The molecule has 1 saturated heterocycles. The summed E-state index contributed by atoms with van der Waals surface area (Å²) in [6, 6.07) is 0. The highest BCUT2D eigenvalue weighted by molar-refractivity contribution is 5.65. The number of allylic oxidation sites excluding steroid dienone is 2. The van der Waals surface area contributed by atoms with Gasteiger partial charge in [0.25, 0.3) is 0 Å². The monoisotopic (exact) mass is 316 g/mol. The van der Waals surface area contributed by atoms with Gasteiger partial charge in [0.15, 0.2) is 0 Å². The second-order valence-corrected chi connectivity index (χ2v) is 7.15. The molecule has 2 unspecified atom stereocenters. The lowest BCUT2D eigenvalue weighted by molar-refractivity contribution is -0.0396. The molecule has 0 saturated carbocycles. The van der Waals surface area contributed by atoms with Crippen LogP contribution in [0, 0.1) is 12.8 Å². The van der Waals surface area contributed by atoms with Crippen LogP contribution in [-0.4, -0.2) is 34.9 Å². The summed E-state index contributed by atoms with van der Waals surface area (Å²) in [7, 11) is 2.11. The third kappa shape index (κ3) is 4.04. The number of aromatic nitrogens is 2. The molecule has 0 amide bonds. The Labute approximate surface area is 140 Å². The zero-order chi connectivity index (χ0) is 16.2. The van der Waals surface area contributed by atoms with Crippen molar-refractivity contribution in [2.45, 2.75) is 58.2 Å². The maximum atomic E-state index is 5.92. The van der Waals surface area contributed by atoms with E-state index in [0.717, 1.165) is 38.5 Å². The predicted molar refractivity (Wildman–Crippen MR) is 93.8 cm³/mol. The topological polar surface area (TPSA) is 30.3 Å². The quantitative estimate of drug-likeness (QED) is 0.821. The minimum atomic E-state index is 0.115. The Balaban J connectivity index is 1.86. The minimum Gasteiger partial charge on any atom is -0.357 e. The van der Waals surface area contributed by atoms with Gasteiger partial charge in [0.05, 0.1) is 5.69 Å². The van der Waals surface area contributed by atoms with E-state index >= 15 is 0 Å². The third-order valence-electron chi connectivity index (χ3n) is 5.06. The minimum absolute atomic E-state index is 0.115. The molecular weight excluding hydrogens is 286 g/mol. The Hall–Kier alpha value is -1.13. The van der Waals surface area contributed by atoms with Crippen molar-refractivity contribution in [3.8, 4) is 0 Å². The standard InChI is InChI=1S/C19H30N3O/c1-4-21(3)13-17-14-22(18-7-5-6-12-23-18)20-19(17)16-10-8-15(2)9-11-16/h10,14-15,18H,1,4-9,11-13H2,2-3H3. The first-order valence-electron chi connectivity index (χ1n) is 9.04. The maximum Gasteiger partial charge on any atom is 0.150 e. The molecule has 0 aromatic carbocycles. The van der Waals surface area contributed by atoms with Crippen molar-refractivity contribution < 1.29 is 4.74 Å². The highest BCUT2D eigenvalue weighted by Crippen LogP contribution is 2.32. The summed E-state index contributed by atoms with van der Waals surface area (Å²) in [6.45, 7) is 8.89. The van der Waals surface area contributed by atoms with Crippen molar-refractivity contribution in [3.63, 3.8) is 0 Å². The van der Waals surface area contributed by atoms with Gasteiger partial charge in [-0.3, -0.25) is 0 Å². The molecule has 0 N–H and O–H groups in total. The van der Waals surface area contributed by atoms with Crippen LogP contribution in [0.2, 0.25) is 0 Å². The SMILES string of the molecule is [CH2]CN(C)Cc1cn(C2CCCCO2)nc1C1=CCC(C)CC1. The van der Waals surface area contributed by atoms with Crippen LogP contribution in [0.15, 0.2) is 12.3 Å². The van der Waals surface area contributed by atoms with E-state index in [1.165, 1.54) is 42.5 Å². The highest BCUT2D eigenvalue weighted by atomic mass is 16.5. The molecule has 3 rings (SSSR count). The van der Waals surface area contributed by atoms with Gasteiger partial charge in [-0.2, -0.15) is 5.10 Å². The predicted octanol–water partition coefficient (Wildman–Crippen LogP) is 4.05. The van der Waals surface area contributed by atoms with Gasteiger partial charge in [0.2, 0.25) is 0 Å². The fourth-order valence-corrected chi connectivity index (χ4v) is 3.45. The highest BCUT2D eigenvalue weighted by Gasteiger charge is 2.22. The lowest BCUT2D eigenvalue weighted by Crippen LogP contribution is -2.19. The van der Waals surface area contributed by atoms with Gasteiger partial charge < -0.3 is 9.64 Å². The van der Waals surface area contributed by atoms with Gasteiger partial charge in [-0.15, -0.1) is 0 Å². The molecule has 127 valence electrons. The molecule has 0 spiro atoms. The first-order chi connectivity index (χ1) is 11.2. The number of nitrogens with zero attached hydrogens (tertiary/aromatic N) is 3. The van der Waals surface area contributed by atoms with E-state index in [2.05, 4.69) is 42.7 Å². The van der Waals surface area contributed by atoms with E-state index in [1.54, 1.807) is 0 Å². The van der Waals surface area contributed by atoms with E-state index < -0.39 is 0 Å². The summed E-state index contributed by atoms with van der Waals surface area (Å²) in [5, 5.41) is 4.95. The van der Waals surface area contributed by atoms with Crippen LogP contribution in [0.1, 0.15) is 62.9 Å². The van der Waals surface area contributed by atoms with E-state index in [4.69, 9.17) is 9.84 Å². The van der Waals surface area contributed by atoms with Gasteiger partial charge >= 0.3 is 0 Å². The molecule has 2 aliphatic rings. The Kier molecular flexibility index (Phi) is 5.54. The van der Waals surface area contributed by atoms with Crippen LogP contribution in [0.25, 0.3) is 5.57 Å². The molecule has 1 aromatic heterocycles. The Morgan fingerprint density at radius 1 is 1.39 bits per heavy atom. The van der Waals surface area contributed by atoms with Crippen molar-refractivity contribution in [2.24, 2.45) is 5.92 Å². The molecule has 2 heterocycles. The Bertz CT molecular complexity index is 543. The normalized spacial score (nSPS) is 25.7. The molecule has 1 fully saturated rings. The van der Waals surface area contributed by atoms with Gasteiger partial charge in [-0.25, -0.2) is 4.68 Å². The fraction of sp³-hybridized carbons (Fsp3) is 0.684. The van der Waals surface area contributed by atoms with Gasteiger partial charge in [0.1, 0.15) is 6.23 Å². The first kappa shape index (κ1) is 16.7. The average molecular weight is 316 g/mol. The lowest BCUT2D eigenvalue weighted by Gasteiger charge is -2.22. The van der Waals surface area contributed by atoms with Crippen LogP contribution < -0.4 is 0 Å². The van der Waals surface area contributed by atoms with Gasteiger partial charge in [0, 0.05) is 24.9 Å². The molecule has 1 radical (unpaired) electrons. The maximum absolute atomic E-state index is 5.92. The Morgan fingerprint density at radius 2 is 2.26 bits per heavy atom. The van der Waals surface area contributed by atoms with Crippen LogP contribution >= 0.6 is 0 Å². The number of rotatable bonds is 5. The van der Waals surface area contributed by atoms with Crippen LogP contribution in [0.3, 0.4) is 0 Å². The third-order valence-corrected chi connectivity index (χ3v) is 5.06. The van der Waals surface area contributed by atoms with Crippen LogP contribution in [0.5, 0.6) is 0 Å². The van der Waals surface area contributed by atoms with Crippen molar-refractivity contribution in [1.29, 1.82) is 0 Å². The summed E-state index contributed by atoms with van der Waals surface area (Å²) >= 11 is 0. The van der Waals surface area contributed by atoms with Crippen molar-refractivity contribution in [2.75, 3.05) is 20.2 Å². The zero-order valence-corrected chi connectivity index (χ0v) is 14.6. The largest absolute Gasteiger partial charge is 0.357 e. The summed E-state index contributed by atoms with van der Waals surface area (Å²) in [6.07, 6.45) is 11.8. The van der Waals surface area contributed by atoms with Gasteiger partial charge in [-0.05, 0) is 70.5 Å². The van der Waals surface area contributed by atoms with Crippen LogP contribution in [-0.2, 0) is 11.3 Å². The molecule has 1 aliphatic carbocycles. The zero-order valence-electron chi connectivity index (χ0n) is 14.6. The summed E-state index contributed by atoms with van der Waals surface area (Å²) in [4.78, 5) is 2.23. The number of ether oxygens (including phenoxy) is 1. The second kappa shape index (κ2) is 7.63. The first-order valence-corrected chi connectivity index (χ1v) is 9.04. The van der Waals surface area contributed by atoms with Gasteiger partial charge in [-0.1, -0.05) is 13.0 Å². The van der Waals surface area contributed by atoms with Crippen molar-refractivity contribution >= 4 is 5.57 Å². The lowest BCUT2D eigenvalue weighted by atomic mass is 9.89. The number of hydrogen-bond acceptors (Lipinski definition) is 3. The van der Waals surface area contributed by atoms with Crippen molar-refractivity contribution in [3.05, 3.63) is 30.5 Å². The van der Waals surface area contributed by atoms with Crippen LogP contribution in [0.4, 0.5) is 0 Å². The van der Waals surface area contributed by atoms with Crippen molar-refractivity contribution in [1.82, 2.24) is 14.7 Å². The number of hydrogen-bond donors (Lipinski definition) is 0. The van der Waals surface area contributed by atoms with E-state index in [1.807, 2.05) is 0 Å². The molecule has 0 bridgehead atoms. The molecule has 4 nitrogen and oxygen atoms in total. The smallest absolute Gasteiger partial charge is 0.150 e. The summed E-state index contributed by atoms with van der Waals surface area (Å²) in [5.74, 6) is 0.800. The molecule has 1 aliphatic heterocycles. The molecule has 4 heteroatoms. The summed E-state index contributed by atoms with van der Waals surface area (Å²) < 4.78 is 7.99. The van der Waals surface area contributed by atoms with E-state index in [9.17, 15) is 0 Å². The summed E-state index contributed by atoms with van der Waals surface area (Å²) in [5.41, 5.74) is 3.92. The molecule has 2 atom stereocenters. The average Bonchev–Trinajstić information content (AvgIpc) is 3.00. The molecule has 1 aromatic rings. The second-order valence-electron chi connectivity index (χ2n) is 7.15. The molecular formula is C19H30N3O. The van der Waals surface area contributed by atoms with E-state index in [0.29, 0.717) is 0 Å². The molecule has 23 heavy (non-hydrogen) atoms. The van der Waals surface area contributed by atoms with E-state index in [-0.39, 0.29) is 6.23 Å².